The number of aliphatic hydroxyl groups is 1. The Hall–Kier alpha value is -3.19. The van der Waals surface area contributed by atoms with Gasteiger partial charge in [0.1, 0.15) is 23.8 Å². The fourth-order valence-electron chi connectivity index (χ4n) is 2.06. The molecule has 0 saturated carbocycles. The minimum atomic E-state index is -1.43. The average Bonchev–Trinajstić information content (AvgIpc) is 2.60. The van der Waals surface area contributed by atoms with Gasteiger partial charge in [-0.15, -0.1) is 0 Å². The Kier molecular flexibility index (Phi) is 6.25. The number of hydrogen-bond donors (Lipinski definition) is 3. The lowest BCUT2D eigenvalue weighted by atomic mass is 10.2. The van der Waals surface area contributed by atoms with Crippen LogP contribution in [0.25, 0.3) is 0 Å². The Morgan fingerprint density at radius 3 is 2.32 bits per heavy atom. The largest absolute Gasteiger partial charge is 0.487 e. The van der Waals surface area contributed by atoms with Crippen molar-refractivity contribution < 1.29 is 29.6 Å². The lowest BCUT2D eigenvalue weighted by Crippen LogP contribution is -2.17. The van der Waals surface area contributed by atoms with Gasteiger partial charge in [0, 0.05) is 0 Å². The predicted octanol–water partition coefficient (Wildman–Crippen LogP) is 2.39. The Balaban J connectivity index is 2.33. The lowest BCUT2D eigenvalue weighted by Gasteiger charge is -2.11. The Bertz CT molecular complexity index is 785. The number of aliphatic imine (C=N–C) groups is 1. The van der Waals surface area contributed by atoms with Crippen molar-refractivity contribution in [1.29, 1.82) is 0 Å². The molecule has 2 aromatic carbocycles. The molecule has 0 aliphatic rings. The topological polar surface area (TPSA) is 116 Å². The molecule has 25 heavy (non-hydrogen) atoms. The van der Waals surface area contributed by atoms with Crippen LogP contribution in [0.1, 0.15) is 17.5 Å². The standard InChI is InChI=1S/C18H17NO6/c20-10-13-6-7-16(25-11-12-4-2-1-3-5-12)14(8-13)19-15(18(23)24)9-17(21)22/h1-8,20H,9-11H2,(H,21,22)(H,23,24). The molecule has 0 fully saturated rings. The number of benzene rings is 2. The van der Waals surface area contributed by atoms with Crippen LogP contribution in [-0.2, 0) is 22.8 Å². The monoisotopic (exact) mass is 343 g/mol. The van der Waals surface area contributed by atoms with Gasteiger partial charge in [0.15, 0.2) is 0 Å². The summed E-state index contributed by atoms with van der Waals surface area (Å²) in [7, 11) is 0. The number of carbonyl (C=O) groups is 2. The Morgan fingerprint density at radius 1 is 1.00 bits per heavy atom. The molecule has 0 saturated heterocycles. The zero-order chi connectivity index (χ0) is 18.2. The minimum absolute atomic E-state index is 0.154. The van der Waals surface area contributed by atoms with Crippen LogP contribution < -0.4 is 4.74 Å². The van der Waals surface area contributed by atoms with Gasteiger partial charge in [-0.2, -0.15) is 0 Å². The van der Waals surface area contributed by atoms with E-state index in [1.807, 2.05) is 30.3 Å². The van der Waals surface area contributed by atoms with Crippen LogP contribution in [0, 0.1) is 0 Å². The third-order valence-electron chi connectivity index (χ3n) is 3.26. The molecule has 0 aliphatic heterocycles. The van der Waals surface area contributed by atoms with E-state index in [0.29, 0.717) is 11.3 Å². The molecule has 7 heteroatoms. The molecule has 0 bridgehead atoms. The third kappa shape index (κ3) is 5.43. The van der Waals surface area contributed by atoms with Gasteiger partial charge in [0.05, 0.1) is 13.0 Å². The van der Waals surface area contributed by atoms with Gasteiger partial charge < -0.3 is 20.1 Å². The van der Waals surface area contributed by atoms with Gasteiger partial charge in [0.25, 0.3) is 0 Å². The molecule has 0 atom stereocenters. The SMILES string of the molecule is O=C(O)CC(=Nc1cc(CO)ccc1OCc1ccccc1)C(=O)O. The van der Waals surface area contributed by atoms with Crippen molar-refractivity contribution >= 4 is 23.3 Å². The predicted molar refractivity (Wildman–Crippen MR) is 90.1 cm³/mol. The highest BCUT2D eigenvalue weighted by Crippen LogP contribution is 2.30. The van der Waals surface area contributed by atoms with Crippen LogP contribution >= 0.6 is 0 Å². The first kappa shape index (κ1) is 18.2. The van der Waals surface area contributed by atoms with Crippen molar-refractivity contribution in [3.8, 4) is 5.75 Å². The fourth-order valence-corrected chi connectivity index (χ4v) is 2.06. The molecule has 0 aromatic heterocycles. The van der Waals surface area contributed by atoms with Crippen molar-refractivity contribution in [2.75, 3.05) is 0 Å². The van der Waals surface area contributed by atoms with Crippen LogP contribution in [0.15, 0.2) is 53.5 Å². The first-order valence-corrected chi connectivity index (χ1v) is 7.42. The van der Waals surface area contributed by atoms with Gasteiger partial charge in [0.2, 0.25) is 0 Å². The molecule has 2 aromatic rings. The van der Waals surface area contributed by atoms with E-state index >= 15 is 0 Å². The minimum Gasteiger partial charge on any atom is -0.487 e. The number of rotatable bonds is 8. The van der Waals surface area contributed by atoms with Crippen LogP contribution in [-0.4, -0.2) is 33.0 Å². The zero-order valence-corrected chi connectivity index (χ0v) is 13.3. The summed E-state index contributed by atoms with van der Waals surface area (Å²) in [5.41, 5.74) is 1.05. The molecular formula is C18H17NO6. The molecule has 0 radical (unpaired) electrons. The van der Waals surface area contributed by atoms with Crippen LogP contribution in [0.3, 0.4) is 0 Å². The van der Waals surface area contributed by atoms with Crippen LogP contribution in [0.4, 0.5) is 5.69 Å². The number of carboxylic acids is 2. The molecule has 2 rings (SSSR count). The van der Waals surface area contributed by atoms with E-state index in [9.17, 15) is 14.7 Å². The third-order valence-corrected chi connectivity index (χ3v) is 3.26. The average molecular weight is 343 g/mol. The number of hydrogen-bond acceptors (Lipinski definition) is 5. The van der Waals surface area contributed by atoms with Gasteiger partial charge in [-0.05, 0) is 23.3 Å². The first-order chi connectivity index (χ1) is 12.0. The first-order valence-electron chi connectivity index (χ1n) is 7.42. The smallest absolute Gasteiger partial charge is 0.350 e. The summed E-state index contributed by atoms with van der Waals surface area (Å²) < 4.78 is 5.68. The summed E-state index contributed by atoms with van der Waals surface area (Å²) in [4.78, 5) is 25.9. The summed E-state index contributed by atoms with van der Waals surface area (Å²) >= 11 is 0. The normalized spacial score (nSPS) is 11.2. The molecule has 3 N–H and O–H groups in total. The van der Waals surface area contributed by atoms with Gasteiger partial charge in [-0.1, -0.05) is 36.4 Å². The lowest BCUT2D eigenvalue weighted by molar-refractivity contribution is -0.137. The van der Waals surface area contributed by atoms with Gasteiger partial charge in [-0.25, -0.2) is 9.79 Å². The van der Waals surface area contributed by atoms with Crippen molar-refractivity contribution in [2.45, 2.75) is 19.6 Å². The maximum Gasteiger partial charge on any atom is 0.350 e. The molecule has 0 unspecified atom stereocenters. The van der Waals surface area contributed by atoms with Crippen molar-refractivity contribution in [1.82, 2.24) is 0 Å². The molecule has 0 spiro atoms. The molecule has 0 heterocycles. The van der Waals surface area contributed by atoms with Crippen molar-refractivity contribution in [3.05, 3.63) is 59.7 Å². The van der Waals surface area contributed by atoms with E-state index in [2.05, 4.69) is 4.99 Å². The van der Waals surface area contributed by atoms with Crippen molar-refractivity contribution in [2.24, 2.45) is 4.99 Å². The highest BCUT2D eigenvalue weighted by molar-refractivity contribution is 6.39. The quantitative estimate of drug-likeness (QED) is 0.634. The maximum atomic E-state index is 11.2. The Morgan fingerprint density at radius 2 is 1.72 bits per heavy atom. The second-order valence-electron chi connectivity index (χ2n) is 5.17. The number of carboxylic acid groups (broad SMARTS) is 2. The van der Waals surface area contributed by atoms with E-state index in [0.717, 1.165) is 5.56 Å². The Labute approximate surface area is 143 Å². The molecule has 130 valence electrons. The number of aliphatic carboxylic acids is 2. The van der Waals surface area contributed by atoms with E-state index in [4.69, 9.17) is 14.9 Å². The molecule has 0 aliphatic carbocycles. The fraction of sp³-hybridized carbons (Fsp3) is 0.167. The summed E-state index contributed by atoms with van der Waals surface area (Å²) in [6.07, 6.45) is -0.725. The second kappa shape index (κ2) is 8.60. The van der Waals surface area contributed by atoms with E-state index in [-0.39, 0.29) is 18.9 Å². The molecule has 0 amide bonds. The van der Waals surface area contributed by atoms with E-state index in [1.165, 1.54) is 6.07 Å². The maximum absolute atomic E-state index is 11.2. The van der Waals surface area contributed by atoms with Crippen LogP contribution in [0.5, 0.6) is 5.75 Å². The van der Waals surface area contributed by atoms with E-state index in [1.54, 1.807) is 12.1 Å². The number of aliphatic hydroxyl groups excluding tert-OH is 1. The van der Waals surface area contributed by atoms with Crippen molar-refractivity contribution in [3.63, 3.8) is 0 Å². The number of nitrogens with zero attached hydrogens (tertiary/aromatic N) is 1. The molecular weight excluding hydrogens is 326 g/mol. The number of ether oxygens (including phenoxy) is 1. The summed E-state index contributed by atoms with van der Waals surface area (Å²) in [6, 6.07) is 14.0. The van der Waals surface area contributed by atoms with Gasteiger partial charge in [-0.3, -0.25) is 4.79 Å². The van der Waals surface area contributed by atoms with E-state index < -0.39 is 24.1 Å². The van der Waals surface area contributed by atoms with Gasteiger partial charge >= 0.3 is 11.9 Å². The summed E-state index contributed by atoms with van der Waals surface area (Å²) in [6.45, 7) is -0.0218. The zero-order valence-electron chi connectivity index (χ0n) is 13.3. The summed E-state index contributed by atoms with van der Waals surface area (Å²) in [5, 5.41) is 27.2. The van der Waals surface area contributed by atoms with Crippen LogP contribution in [0.2, 0.25) is 0 Å². The highest BCUT2D eigenvalue weighted by Gasteiger charge is 2.16. The second-order valence-corrected chi connectivity index (χ2v) is 5.17. The highest BCUT2D eigenvalue weighted by atomic mass is 16.5. The summed E-state index contributed by atoms with van der Waals surface area (Å²) in [5.74, 6) is -2.43. The molecule has 7 nitrogen and oxygen atoms in total.